The second-order valence-corrected chi connectivity index (χ2v) is 9.02. The molecule has 0 atom stereocenters. The van der Waals surface area contributed by atoms with E-state index in [9.17, 15) is 9.59 Å². The monoisotopic (exact) mass is 523 g/mol. The molecule has 0 radical (unpaired) electrons. The molecule has 0 saturated carbocycles. The number of thiazole rings is 1. The molecule has 1 N–H and O–H groups in total. The number of oxazole rings is 1. The van der Waals surface area contributed by atoms with Crippen LogP contribution in [0.25, 0.3) is 33.8 Å². The van der Waals surface area contributed by atoms with Gasteiger partial charge in [0.2, 0.25) is 5.89 Å². The molecule has 2 heterocycles. The van der Waals surface area contributed by atoms with Gasteiger partial charge in [-0.05, 0) is 42.5 Å². The fraction of sp³-hybridized carbons (Fsp3) is 0.0400. The summed E-state index contributed by atoms with van der Waals surface area (Å²) in [7, 11) is 0. The van der Waals surface area contributed by atoms with Crippen LogP contribution in [0.15, 0.2) is 76.5 Å². The molecular weight excluding hydrogens is 509 g/mol. The van der Waals surface area contributed by atoms with Crippen molar-refractivity contribution < 1.29 is 18.7 Å². The summed E-state index contributed by atoms with van der Waals surface area (Å²) in [6.07, 6.45) is 0. The zero-order chi connectivity index (χ0) is 24.4. The molecule has 1 amide bonds. The molecule has 0 aliphatic carbocycles. The average molecular weight is 524 g/mol. The molecule has 0 aliphatic heterocycles. The third kappa shape index (κ3) is 5.05. The number of ether oxygens (including phenoxy) is 1. The molecule has 0 aliphatic rings. The Morgan fingerprint density at radius 3 is 2.60 bits per heavy atom. The lowest BCUT2D eigenvalue weighted by Gasteiger charge is -2.07. The predicted octanol–water partition coefficient (Wildman–Crippen LogP) is 6.72. The minimum Gasteiger partial charge on any atom is -0.452 e. The molecule has 5 aromatic rings. The highest BCUT2D eigenvalue weighted by atomic mass is 35.5. The zero-order valence-corrected chi connectivity index (χ0v) is 20.2. The molecule has 0 saturated heterocycles. The van der Waals surface area contributed by atoms with E-state index in [1.165, 1.54) is 11.3 Å². The number of anilines is 1. The number of amides is 1. The summed E-state index contributed by atoms with van der Waals surface area (Å²) in [5.74, 6) is -0.911. The van der Waals surface area contributed by atoms with Crippen LogP contribution in [0.4, 0.5) is 5.13 Å². The Morgan fingerprint density at radius 1 is 0.971 bits per heavy atom. The highest BCUT2D eigenvalue weighted by Gasteiger charge is 2.19. The lowest BCUT2D eigenvalue weighted by molar-refractivity contribution is -0.119. The highest BCUT2D eigenvalue weighted by molar-refractivity contribution is 7.14. The summed E-state index contributed by atoms with van der Waals surface area (Å²) < 4.78 is 11.0. The number of nitrogens with zero attached hydrogens (tertiary/aromatic N) is 2. The van der Waals surface area contributed by atoms with Crippen molar-refractivity contribution in [1.82, 2.24) is 9.97 Å². The number of carbonyl (C=O) groups excluding carboxylic acids is 2. The van der Waals surface area contributed by atoms with Crippen molar-refractivity contribution in [3.05, 3.63) is 87.7 Å². The third-order valence-corrected chi connectivity index (χ3v) is 6.27. The topological polar surface area (TPSA) is 94.3 Å². The van der Waals surface area contributed by atoms with Crippen molar-refractivity contribution >= 4 is 62.6 Å². The van der Waals surface area contributed by atoms with Gasteiger partial charge in [-0.3, -0.25) is 10.1 Å². The quantitative estimate of drug-likeness (QED) is 0.248. The minimum absolute atomic E-state index is 0.237. The van der Waals surface area contributed by atoms with E-state index < -0.39 is 18.5 Å². The van der Waals surface area contributed by atoms with Crippen LogP contribution in [-0.2, 0) is 9.53 Å². The van der Waals surface area contributed by atoms with Crippen molar-refractivity contribution in [3.8, 4) is 22.7 Å². The normalized spacial score (nSPS) is 10.9. The maximum absolute atomic E-state index is 12.8. The Kier molecular flexibility index (Phi) is 6.50. The number of halogens is 2. The van der Waals surface area contributed by atoms with Crippen LogP contribution >= 0.6 is 34.5 Å². The number of para-hydroxylation sites is 2. The lowest BCUT2D eigenvalue weighted by atomic mass is 10.1. The Labute approximate surface area is 213 Å². The lowest BCUT2D eigenvalue weighted by Crippen LogP contribution is -2.21. The molecule has 2 aromatic heterocycles. The Morgan fingerprint density at radius 2 is 1.77 bits per heavy atom. The van der Waals surface area contributed by atoms with Crippen LogP contribution in [0, 0.1) is 0 Å². The summed E-state index contributed by atoms with van der Waals surface area (Å²) in [6.45, 7) is -0.489. The van der Waals surface area contributed by atoms with Crippen molar-refractivity contribution in [1.29, 1.82) is 0 Å². The molecule has 0 bridgehead atoms. The predicted molar refractivity (Wildman–Crippen MR) is 136 cm³/mol. The van der Waals surface area contributed by atoms with Gasteiger partial charge in [0.25, 0.3) is 5.91 Å². The summed E-state index contributed by atoms with van der Waals surface area (Å²) in [5, 5.41) is 5.70. The first-order chi connectivity index (χ1) is 17.0. The average Bonchev–Trinajstić information content (AvgIpc) is 3.49. The van der Waals surface area contributed by atoms with Gasteiger partial charge in [-0.15, -0.1) is 11.3 Å². The minimum atomic E-state index is -0.675. The van der Waals surface area contributed by atoms with Crippen LogP contribution in [-0.4, -0.2) is 28.5 Å². The number of rotatable bonds is 6. The number of carbonyl (C=O) groups is 2. The fourth-order valence-corrected chi connectivity index (χ4v) is 4.58. The number of aromatic nitrogens is 2. The number of esters is 1. The number of benzene rings is 3. The smallest absolute Gasteiger partial charge is 0.339 e. The van der Waals surface area contributed by atoms with Crippen molar-refractivity contribution in [2.45, 2.75) is 0 Å². The molecule has 5 rings (SSSR count). The van der Waals surface area contributed by atoms with Crippen LogP contribution in [0.3, 0.4) is 0 Å². The number of hydrogen-bond acceptors (Lipinski definition) is 7. The van der Waals surface area contributed by atoms with E-state index in [1.807, 2.05) is 18.2 Å². The molecule has 3 aromatic carbocycles. The Bertz CT molecular complexity index is 1530. The van der Waals surface area contributed by atoms with Gasteiger partial charge in [-0.25, -0.2) is 14.8 Å². The van der Waals surface area contributed by atoms with Gasteiger partial charge in [0.1, 0.15) is 5.52 Å². The zero-order valence-electron chi connectivity index (χ0n) is 17.8. The summed E-state index contributed by atoms with van der Waals surface area (Å²) in [4.78, 5) is 33.9. The SMILES string of the molecule is O=C(COC(=O)c1ccccc1-c1nc2ccccc2o1)Nc1nc(-c2ccc(Cl)cc2Cl)cs1. The number of hydrogen-bond donors (Lipinski definition) is 1. The number of nitrogens with one attached hydrogen (secondary N) is 1. The van der Waals surface area contributed by atoms with Crippen LogP contribution in [0.1, 0.15) is 10.4 Å². The van der Waals surface area contributed by atoms with Crippen molar-refractivity contribution in [3.63, 3.8) is 0 Å². The highest BCUT2D eigenvalue weighted by Crippen LogP contribution is 2.32. The van der Waals surface area contributed by atoms with E-state index in [4.69, 9.17) is 32.4 Å². The van der Waals surface area contributed by atoms with E-state index in [0.29, 0.717) is 49.0 Å². The van der Waals surface area contributed by atoms with E-state index in [1.54, 1.807) is 53.9 Å². The molecule has 0 spiro atoms. The molecule has 0 fully saturated rings. The van der Waals surface area contributed by atoms with Crippen LogP contribution < -0.4 is 5.32 Å². The van der Waals surface area contributed by atoms with Gasteiger partial charge in [0.05, 0.1) is 21.8 Å². The summed E-state index contributed by atoms with van der Waals surface area (Å²) >= 11 is 13.4. The second-order valence-electron chi connectivity index (χ2n) is 7.32. The maximum Gasteiger partial charge on any atom is 0.339 e. The largest absolute Gasteiger partial charge is 0.452 e. The van der Waals surface area contributed by atoms with Crippen LogP contribution in [0.2, 0.25) is 10.0 Å². The first-order valence-corrected chi connectivity index (χ1v) is 11.9. The second kappa shape index (κ2) is 9.87. The van der Waals surface area contributed by atoms with Gasteiger partial charge in [-0.1, -0.05) is 47.5 Å². The number of fused-ring (bicyclic) bond motifs is 1. The van der Waals surface area contributed by atoms with E-state index in [2.05, 4.69) is 15.3 Å². The van der Waals surface area contributed by atoms with E-state index in [-0.39, 0.29) is 5.56 Å². The van der Waals surface area contributed by atoms with Crippen molar-refractivity contribution in [2.75, 3.05) is 11.9 Å². The van der Waals surface area contributed by atoms with E-state index >= 15 is 0 Å². The molecule has 7 nitrogen and oxygen atoms in total. The first kappa shape index (κ1) is 23.0. The Hall–Kier alpha value is -3.72. The summed E-state index contributed by atoms with van der Waals surface area (Å²) in [6, 6.07) is 19.1. The van der Waals surface area contributed by atoms with Crippen molar-refractivity contribution in [2.24, 2.45) is 0 Å². The molecular formula is C25H15Cl2N3O4S. The van der Waals surface area contributed by atoms with E-state index in [0.717, 1.165) is 0 Å². The van der Waals surface area contributed by atoms with Gasteiger partial charge in [-0.2, -0.15) is 0 Å². The first-order valence-electron chi connectivity index (χ1n) is 10.3. The Balaban J connectivity index is 1.25. The maximum atomic E-state index is 12.8. The summed E-state index contributed by atoms with van der Waals surface area (Å²) in [5.41, 5.74) is 3.27. The molecule has 35 heavy (non-hydrogen) atoms. The molecule has 0 unspecified atom stereocenters. The van der Waals surface area contributed by atoms with Gasteiger partial charge < -0.3 is 9.15 Å². The molecule has 174 valence electrons. The third-order valence-electron chi connectivity index (χ3n) is 4.96. The standard InChI is InChI=1S/C25H15Cl2N3O4S/c26-14-9-10-17(18(27)11-14)20-13-35-25(29-20)30-22(31)12-33-24(32)16-6-2-1-5-15(16)23-28-19-7-3-4-8-21(19)34-23/h1-11,13H,12H2,(H,29,30,31). The van der Waals surface area contributed by atoms with Crippen LogP contribution in [0.5, 0.6) is 0 Å². The fourth-order valence-electron chi connectivity index (χ4n) is 3.35. The van der Waals surface area contributed by atoms with Gasteiger partial charge in [0.15, 0.2) is 17.3 Å². The van der Waals surface area contributed by atoms with Gasteiger partial charge >= 0.3 is 5.97 Å². The van der Waals surface area contributed by atoms with Gasteiger partial charge in [0, 0.05) is 16.0 Å². The molecule has 10 heteroatoms.